The highest BCUT2D eigenvalue weighted by Gasteiger charge is 2.20. The van der Waals surface area contributed by atoms with E-state index < -0.39 is 0 Å². The van der Waals surface area contributed by atoms with Crippen molar-refractivity contribution in [2.75, 3.05) is 0 Å². The fourth-order valence-corrected chi connectivity index (χ4v) is 2.24. The van der Waals surface area contributed by atoms with Crippen molar-refractivity contribution in [3.8, 4) is 11.5 Å². The Kier molecular flexibility index (Phi) is 2.45. The average molecular weight is 253 g/mol. The number of nitrogens with one attached hydrogen (secondary N) is 1. The van der Waals surface area contributed by atoms with Gasteiger partial charge in [-0.1, -0.05) is 18.2 Å². The summed E-state index contributed by atoms with van der Waals surface area (Å²) >= 11 is 0. The molecule has 0 radical (unpaired) electrons. The third-order valence-electron chi connectivity index (χ3n) is 3.47. The molecule has 1 saturated carbocycles. The van der Waals surface area contributed by atoms with Crippen molar-refractivity contribution in [3.05, 3.63) is 48.2 Å². The van der Waals surface area contributed by atoms with Gasteiger partial charge >= 0.3 is 0 Å². The molecule has 3 nitrogen and oxygen atoms in total. The number of hydrogen-bond donors (Lipinski definition) is 1. The molecular weight excluding hydrogens is 238 g/mol. The maximum absolute atomic E-state index is 5.82. The molecule has 0 saturated heterocycles. The molecule has 3 aromatic rings. The van der Waals surface area contributed by atoms with Gasteiger partial charge in [0, 0.05) is 11.4 Å². The van der Waals surface area contributed by atoms with Crippen molar-refractivity contribution in [3.63, 3.8) is 0 Å². The zero-order valence-corrected chi connectivity index (χ0v) is 10.6. The van der Waals surface area contributed by atoms with Gasteiger partial charge in [-0.15, -0.1) is 0 Å². The third kappa shape index (κ3) is 2.17. The van der Waals surface area contributed by atoms with Gasteiger partial charge in [-0.3, -0.25) is 0 Å². The predicted octanol–water partition coefficient (Wildman–Crippen LogP) is 3.94. The largest absolute Gasteiger partial charge is 0.456 e. The van der Waals surface area contributed by atoms with Gasteiger partial charge in [0.2, 0.25) is 0 Å². The van der Waals surface area contributed by atoms with Crippen molar-refractivity contribution in [2.45, 2.75) is 25.4 Å². The Bertz CT molecular complexity index is 673. The van der Waals surface area contributed by atoms with E-state index >= 15 is 0 Å². The molecule has 96 valence electrons. The molecule has 19 heavy (non-hydrogen) atoms. The van der Waals surface area contributed by atoms with Gasteiger partial charge in [0.15, 0.2) is 11.5 Å². The predicted molar refractivity (Wildman–Crippen MR) is 73.8 cm³/mol. The van der Waals surface area contributed by atoms with Gasteiger partial charge in [-0.25, -0.2) is 0 Å². The van der Waals surface area contributed by atoms with E-state index in [0.717, 1.165) is 34.8 Å². The summed E-state index contributed by atoms with van der Waals surface area (Å²) in [6, 6.07) is 14.7. The van der Waals surface area contributed by atoms with E-state index in [1.807, 2.05) is 42.5 Å². The van der Waals surface area contributed by atoms with E-state index in [1.165, 1.54) is 12.8 Å². The van der Waals surface area contributed by atoms with Crippen molar-refractivity contribution < 1.29 is 8.83 Å². The summed E-state index contributed by atoms with van der Waals surface area (Å²) in [6.07, 6.45) is 2.58. The van der Waals surface area contributed by atoms with Crippen LogP contribution in [0.4, 0.5) is 0 Å². The molecule has 0 atom stereocenters. The van der Waals surface area contributed by atoms with Crippen molar-refractivity contribution in [1.82, 2.24) is 5.32 Å². The minimum Gasteiger partial charge on any atom is -0.456 e. The summed E-state index contributed by atoms with van der Waals surface area (Å²) < 4.78 is 11.6. The molecule has 1 N–H and O–H groups in total. The number of benzene rings is 1. The van der Waals surface area contributed by atoms with Crippen molar-refractivity contribution >= 4 is 11.0 Å². The normalized spacial score (nSPS) is 15.2. The molecule has 0 amide bonds. The zero-order chi connectivity index (χ0) is 12.7. The minimum absolute atomic E-state index is 0.694. The summed E-state index contributed by atoms with van der Waals surface area (Å²) in [5.74, 6) is 2.55. The molecule has 3 heteroatoms. The molecule has 1 fully saturated rings. The quantitative estimate of drug-likeness (QED) is 0.765. The summed E-state index contributed by atoms with van der Waals surface area (Å²) in [4.78, 5) is 0. The molecular formula is C16H15NO2. The highest BCUT2D eigenvalue weighted by molar-refractivity contribution is 5.81. The first-order valence-corrected chi connectivity index (χ1v) is 6.69. The van der Waals surface area contributed by atoms with Crippen LogP contribution in [0.15, 0.2) is 51.3 Å². The lowest BCUT2D eigenvalue weighted by atomic mass is 10.2. The molecule has 0 unspecified atom stereocenters. The second-order valence-electron chi connectivity index (χ2n) is 5.07. The Labute approximate surface area is 111 Å². The Morgan fingerprint density at radius 3 is 2.74 bits per heavy atom. The standard InChI is InChI=1S/C16H15NO2/c1-2-4-14-11(3-1)9-16(19-14)15-8-7-13(18-15)10-17-12-5-6-12/h1-4,7-9,12,17H,5-6,10H2. The summed E-state index contributed by atoms with van der Waals surface area (Å²) in [5, 5.41) is 4.54. The summed E-state index contributed by atoms with van der Waals surface area (Å²) in [5.41, 5.74) is 0.895. The molecule has 2 heterocycles. The molecule has 4 rings (SSSR count). The second kappa shape index (κ2) is 4.28. The van der Waals surface area contributed by atoms with Gasteiger partial charge in [-0.05, 0) is 37.1 Å². The number of para-hydroxylation sites is 1. The molecule has 1 aliphatic carbocycles. The Hall–Kier alpha value is -2.00. The fourth-order valence-electron chi connectivity index (χ4n) is 2.24. The van der Waals surface area contributed by atoms with Gasteiger partial charge in [0.25, 0.3) is 0 Å². The lowest BCUT2D eigenvalue weighted by Gasteiger charge is -1.97. The monoisotopic (exact) mass is 253 g/mol. The van der Waals surface area contributed by atoms with Gasteiger partial charge in [0.1, 0.15) is 11.3 Å². The number of rotatable bonds is 4. The molecule has 1 aliphatic rings. The topological polar surface area (TPSA) is 38.3 Å². The SMILES string of the molecule is c1ccc2oc(-c3ccc(CNC4CC4)o3)cc2c1. The second-order valence-corrected chi connectivity index (χ2v) is 5.07. The maximum Gasteiger partial charge on any atom is 0.170 e. The molecule has 0 aliphatic heterocycles. The van der Waals surface area contributed by atoms with Crippen LogP contribution in [0.2, 0.25) is 0 Å². The van der Waals surface area contributed by atoms with Gasteiger partial charge < -0.3 is 14.2 Å². The highest BCUT2D eigenvalue weighted by atomic mass is 16.4. The van der Waals surface area contributed by atoms with E-state index in [9.17, 15) is 0 Å². The molecule has 2 aromatic heterocycles. The van der Waals surface area contributed by atoms with Crippen LogP contribution in [0.1, 0.15) is 18.6 Å². The number of furan rings is 2. The van der Waals surface area contributed by atoms with Gasteiger partial charge in [0.05, 0.1) is 6.54 Å². The molecule has 0 bridgehead atoms. The van der Waals surface area contributed by atoms with E-state index in [4.69, 9.17) is 8.83 Å². The van der Waals surface area contributed by atoms with Crippen LogP contribution in [0, 0.1) is 0 Å². The summed E-state index contributed by atoms with van der Waals surface area (Å²) in [7, 11) is 0. The smallest absolute Gasteiger partial charge is 0.170 e. The first kappa shape index (κ1) is 10.9. The Morgan fingerprint density at radius 2 is 1.89 bits per heavy atom. The summed E-state index contributed by atoms with van der Waals surface area (Å²) in [6.45, 7) is 0.797. The lowest BCUT2D eigenvalue weighted by Crippen LogP contribution is -2.14. The van der Waals surface area contributed by atoms with Crippen LogP contribution in [0.3, 0.4) is 0 Å². The van der Waals surface area contributed by atoms with Crippen LogP contribution in [0.25, 0.3) is 22.5 Å². The molecule has 1 aromatic carbocycles. The Morgan fingerprint density at radius 1 is 1.00 bits per heavy atom. The highest BCUT2D eigenvalue weighted by Crippen LogP contribution is 2.29. The van der Waals surface area contributed by atoms with Crippen LogP contribution in [-0.2, 0) is 6.54 Å². The van der Waals surface area contributed by atoms with Crippen LogP contribution >= 0.6 is 0 Å². The van der Waals surface area contributed by atoms with Crippen LogP contribution < -0.4 is 5.32 Å². The Balaban J connectivity index is 1.60. The van der Waals surface area contributed by atoms with Crippen LogP contribution in [0.5, 0.6) is 0 Å². The number of hydrogen-bond acceptors (Lipinski definition) is 3. The van der Waals surface area contributed by atoms with Crippen molar-refractivity contribution in [1.29, 1.82) is 0 Å². The minimum atomic E-state index is 0.694. The zero-order valence-electron chi connectivity index (χ0n) is 10.6. The molecule has 0 spiro atoms. The fraction of sp³-hybridized carbons (Fsp3) is 0.250. The first-order chi connectivity index (χ1) is 9.38. The van der Waals surface area contributed by atoms with Crippen LogP contribution in [-0.4, -0.2) is 6.04 Å². The number of fused-ring (bicyclic) bond motifs is 1. The van der Waals surface area contributed by atoms with E-state index in [-0.39, 0.29) is 0 Å². The van der Waals surface area contributed by atoms with Gasteiger partial charge in [-0.2, -0.15) is 0 Å². The maximum atomic E-state index is 5.82. The van der Waals surface area contributed by atoms with Crippen molar-refractivity contribution in [2.24, 2.45) is 0 Å². The average Bonchev–Trinajstić information content (AvgIpc) is 2.99. The van der Waals surface area contributed by atoms with E-state index in [2.05, 4.69) is 5.32 Å². The van der Waals surface area contributed by atoms with E-state index in [0.29, 0.717) is 6.04 Å². The lowest BCUT2D eigenvalue weighted by molar-refractivity contribution is 0.478. The first-order valence-electron chi connectivity index (χ1n) is 6.69. The van der Waals surface area contributed by atoms with E-state index in [1.54, 1.807) is 0 Å². The third-order valence-corrected chi connectivity index (χ3v) is 3.47.